The summed E-state index contributed by atoms with van der Waals surface area (Å²) < 4.78 is 5.75. The molecule has 3 amide bonds. The highest BCUT2D eigenvalue weighted by Gasteiger charge is 2.34. The van der Waals surface area contributed by atoms with E-state index in [9.17, 15) is 9.59 Å². The number of nitrogens with zero attached hydrogens (tertiary/aromatic N) is 1. The number of hydrogen-bond acceptors (Lipinski definition) is 3. The molecule has 1 N–H and O–H groups in total. The summed E-state index contributed by atoms with van der Waals surface area (Å²) in [6.07, 6.45) is 2.45. The molecule has 1 fully saturated rings. The number of alkyl halides is 1. The molecule has 6 heteroatoms. The van der Waals surface area contributed by atoms with Gasteiger partial charge in [0.1, 0.15) is 17.2 Å². The van der Waals surface area contributed by atoms with Gasteiger partial charge in [0, 0.05) is 5.88 Å². The molecule has 0 aromatic heterocycles. The third-order valence-electron chi connectivity index (χ3n) is 4.63. The number of aryl methyl sites for hydroxylation is 1. The zero-order chi connectivity index (χ0) is 20.9. The molecule has 30 heavy (non-hydrogen) atoms. The third kappa shape index (κ3) is 4.36. The van der Waals surface area contributed by atoms with Crippen LogP contribution < -0.4 is 15.0 Å². The van der Waals surface area contributed by atoms with Gasteiger partial charge < -0.3 is 10.1 Å². The largest absolute Gasteiger partial charge is 0.457 e. The standard InChI is InChI=1S/C24H19ClN2O3/c25-15-14-17-6-8-18(9-7-17)16-22-23(28)27(24(29)26-22)19-10-12-21(13-11-19)30-20-4-2-1-3-5-20/h1-13,16H,14-15H2,(H,26,29)/b22-16+. The van der Waals surface area contributed by atoms with Crippen molar-refractivity contribution in [3.8, 4) is 11.5 Å². The fourth-order valence-electron chi connectivity index (χ4n) is 3.11. The van der Waals surface area contributed by atoms with Crippen molar-refractivity contribution in [3.63, 3.8) is 0 Å². The van der Waals surface area contributed by atoms with Crippen LogP contribution in [-0.4, -0.2) is 17.8 Å². The average Bonchev–Trinajstić information content (AvgIpc) is 3.04. The Balaban J connectivity index is 1.49. The van der Waals surface area contributed by atoms with Crippen molar-refractivity contribution in [1.82, 2.24) is 5.32 Å². The van der Waals surface area contributed by atoms with E-state index >= 15 is 0 Å². The minimum atomic E-state index is -0.485. The summed E-state index contributed by atoms with van der Waals surface area (Å²) in [5.41, 5.74) is 2.65. The van der Waals surface area contributed by atoms with Gasteiger partial charge in [-0.1, -0.05) is 42.5 Å². The summed E-state index contributed by atoms with van der Waals surface area (Å²) in [5.74, 6) is 1.48. The Hall–Kier alpha value is -3.57. The minimum absolute atomic E-state index is 0.231. The smallest absolute Gasteiger partial charge is 0.333 e. The molecule has 1 aliphatic rings. The van der Waals surface area contributed by atoms with Crippen LogP contribution in [0.5, 0.6) is 11.5 Å². The Kier molecular flexibility index (Phi) is 5.82. The van der Waals surface area contributed by atoms with Gasteiger partial charge in [-0.05, 0) is 60.0 Å². The van der Waals surface area contributed by atoms with Gasteiger partial charge in [-0.15, -0.1) is 11.6 Å². The highest BCUT2D eigenvalue weighted by Crippen LogP contribution is 2.27. The highest BCUT2D eigenvalue weighted by atomic mass is 35.5. The van der Waals surface area contributed by atoms with Gasteiger partial charge in [0.2, 0.25) is 0 Å². The summed E-state index contributed by atoms with van der Waals surface area (Å²) in [4.78, 5) is 26.3. The normalized spacial score (nSPS) is 14.8. The molecule has 0 radical (unpaired) electrons. The number of carbonyl (C=O) groups is 2. The lowest BCUT2D eigenvalue weighted by Crippen LogP contribution is -2.30. The van der Waals surface area contributed by atoms with Crippen molar-refractivity contribution in [1.29, 1.82) is 0 Å². The molecule has 0 bridgehead atoms. The van der Waals surface area contributed by atoms with Gasteiger partial charge in [-0.2, -0.15) is 0 Å². The van der Waals surface area contributed by atoms with Gasteiger partial charge in [-0.25, -0.2) is 9.69 Å². The number of benzene rings is 3. The van der Waals surface area contributed by atoms with Crippen molar-refractivity contribution in [2.75, 3.05) is 10.8 Å². The van der Waals surface area contributed by atoms with E-state index in [0.29, 0.717) is 23.1 Å². The Bertz CT molecular complexity index is 1080. The van der Waals surface area contributed by atoms with E-state index in [-0.39, 0.29) is 5.70 Å². The van der Waals surface area contributed by atoms with Gasteiger partial charge in [-0.3, -0.25) is 4.79 Å². The number of amides is 3. The van der Waals surface area contributed by atoms with E-state index in [2.05, 4.69) is 5.32 Å². The second-order valence-corrected chi connectivity index (χ2v) is 7.10. The van der Waals surface area contributed by atoms with Crippen molar-refractivity contribution in [2.45, 2.75) is 6.42 Å². The number of imide groups is 1. The average molecular weight is 419 g/mol. The van der Waals surface area contributed by atoms with Crippen LogP contribution in [0.3, 0.4) is 0 Å². The van der Waals surface area contributed by atoms with Gasteiger partial charge in [0.25, 0.3) is 5.91 Å². The molecule has 0 saturated carbocycles. The Morgan fingerprint density at radius 1 is 0.867 bits per heavy atom. The summed E-state index contributed by atoms with van der Waals surface area (Å²) in [7, 11) is 0. The fourth-order valence-corrected chi connectivity index (χ4v) is 3.33. The second kappa shape index (κ2) is 8.84. The summed E-state index contributed by atoms with van der Waals surface area (Å²) in [6.45, 7) is 0. The number of rotatable bonds is 6. The molecule has 3 aromatic carbocycles. The third-order valence-corrected chi connectivity index (χ3v) is 4.81. The van der Waals surface area contributed by atoms with Crippen LogP contribution in [0, 0.1) is 0 Å². The van der Waals surface area contributed by atoms with Gasteiger partial charge in [0.15, 0.2) is 0 Å². The summed E-state index contributed by atoms with van der Waals surface area (Å²) >= 11 is 5.76. The first kappa shape index (κ1) is 19.7. The van der Waals surface area contributed by atoms with Crippen molar-refractivity contribution >= 4 is 35.3 Å². The molecule has 150 valence electrons. The topological polar surface area (TPSA) is 58.6 Å². The second-order valence-electron chi connectivity index (χ2n) is 6.72. The number of hydrogen-bond donors (Lipinski definition) is 1. The van der Waals surface area contributed by atoms with E-state index in [0.717, 1.165) is 22.4 Å². The van der Waals surface area contributed by atoms with Crippen molar-refractivity contribution in [2.24, 2.45) is 0 Å². The van der Waals surface area contributed by atoms with Crippen LogP contribution in [-0.2, 0) is 11.2 Å². The molecule has 1 heterocycles. The van der Waals surface area contributed by atoms with E-state index in [4.69, 9.17) is 16.3 Å². The summed E-state index contributed by atoms with van der Waals surface area (Å²) in [6, 6.07) is 23.4. The minimum Gasteiger partial charge on any atom is -0.457 e. The van der Waals surface area contributed by atoms with E-state index in [1.54, 1.807) is 30.3 Å². The lowest BCUT2D eigenvalue weighted by molar-refractivity contribution is -0.113. The number of para-hydroxylation sites is 1. The maximum absolute atomic E-state index is 12.8. The first-order chi connectivity index (χ1) is 14.6. The molecule has 4 rings (SSSR count). The Morgan fingerprint density at radius 3 is 2.20 bits per heavy atom. The van der Waals surface area contributed by atoms with E-state index in [1.165, 1.54) is 0 Å². The Morgan fingerprint density at radius 2 is 1.53 bits per heavy atom. The number of anilines is 1. The number of nitrogens with one attached hydrogen (secondary N) is 1. The zero-order valence-corrected chi connectivity index (χ0v) is 16.8. The highest BCUT2D eigenvalue weighted by molar-refractivity contribution is 6.28. The first-order valence-corrected chi connectivity index (χ1v) is 10.0. The quantitative estimate of drug-likeness (QED) is 0.333. The van der Waals surface area contributed by atoms with Gasteiger partial charge in [0.05, 0.1) is 5.69 Å². The molecule has 1 aliphatic heterocycles. The maximum atomic E-state index is 12.8. The molecule has 0 spiro atoms. The molecular weight excluding hydrogens is 400 g/mol. The number of carbonyl (C=O) groups excluding carboxylic acids is 2. The Labute approximate surface area is 179 Å². The molecule has 0 aliphatic carbocycles. The lowest BCUT2D eigenvalue weighted by atomic mass is 10.1. The first-order valence-electron chi connectivity index (χ1n) is 9.49. The van der Waals surface area contributed by atoms with Crippen LogP contribution >= 0.6 is 11.6 Å². The van der Waals surface area contributed by atoms with Crippen molar-refractivity contribution < 1.29 is 14.3 Å². The van der Waals surface area contributed by atoms with E-state index in [1.807, 2.05) is 54.6 Å². The van der Waals surface area contributed by atoms with Crippen LogP contribution in [0.1, 0.15) is 11.1 Å². The zero-order valence-electron chi connectivity index (χ0n) is 16.0. The predicted octanol–water partition coefficient (Wildman–Crippen LogP) is 5.36. The van der Waals surface area contributed by atoms with Crippen LogP contribution in [0.4, 0.5) is 10.5 Å². The molecular formula is C24H19ClN2O3. The van der Waals surface area contributed by atoms with Crippen LogP contribution in [0.15, 0.2) is 84.6 Å². The van der Waals surface area contributed by atoms with Crippen LogP contribution in [0.2, 0.25) is 0 Å². The lowest BCUT2D eigenvalue weighted by Gasteiger charge is -2.13. The molecule has 5 nitrogen and oxygen atoms in total. The number of urea groups is 1. The van der Waals surface area contributed by atoms with E-state index < -0.39 is 11.9 Å². The molecule has 1 saturated heterocycles. The molecule has 0 unspecified atom stereocenters. The molecule has 0 atom stereocenters. The molecule has 3 aromatic rings. The van der Waals surface area contributed by atoms with Crippen LogP contribution in [0.25, 0.3) is 6.08 Å². The number of halogens is 1. The van der Waals surface area contributed by atoms with Crippen molar-refractivity contribution in [3.05, 3.63) is 95.7 Å². The van der Waals surface area contributed by atoms with Gasteiger partial charge >= 0.3 is 6.03 Å². The SMILES string of the molecule is O=C1N/C(=C/c2ccc(CCCl)cc2)C(=O)N1c1ccc(Oc2ccccc2)cc1. The summed E-state index contributed by atoms with van der Waals surface area (Å²) in [5, 5.41) is 2.64. The maximum Gasteiger partial charge on any atom is 0.333 e. The number of ether oxygens (including phenoxy) is 1. The predicted molar refractivity (Wildman–Crippen MR) is 118 cm³/mol. The monoisotopic (exact) mass is 418 g/mol. The fraction of sp³-hybridized carbons (Fsp3) is 0.0833.